The zero-order valence-corrected chi connectivity index (χ0v) is 13.0. The number of hydrogen-bond acceptors (Lipinski definition) is 3. The van der Waals surface area contributed by atoms with Gasteiger partial charge in [-0.3, -0.25) is 0 Å². The zero-order valence-electron chi connectivity index (χ0n) is 13.0. The molecular weight excluding hydrogens is 264 g/mol. The largest absolute Gasteiger partial charge is 0.497 e. The van der Waals surface area contributed by atoms with Crippen LogP contribution in [0.4, 0.5) is 0 Å². The summed E-state index contributed by atoms with van der Waals surface area (Å²) in [6.07, 6.45) is 1.15. The normalized spacial score (nSPS) is 14.1. The van der Waals surface area contributed by atoms with Gasteiger partial charge in [-0.05, 0) is 47.2 Å². The maximum Gasteiger partial charge on any atom is 0.119 e. The molecule has 1 N–H and O–H groups in total. The smallest absolute Gasteiger partial charge is 0.119 e. The van der Waals surface area contributed by atoms with E-state index in [4.69, 9.17) is 9.47 Å². The van der Waals surface area contributed by atoms with Crippen LogP contribution in [0.3, 0.4) is 0 Å². The molecule has 0 aliphatic rings. The number of methoxy groups -OCH3 is 2. The monoisotopic (exact) mass is 288 g/mol. The molecule has 0 aromatic heterocycles. The molecular formula is C18H24O3. The minimum Gasteiger partial charge on any atom is -0.497 e. The Balaban J connectivity index is 2.21. The van der Waals surface area contributed by atoms with Crippen molar-refractivity contribution in [2.45, 2.75) is 25.9 Å². The summed E-state index contributed by atoms with van der Waals surface area (Å²) in [7, 11) is 3.36. The molecule has 2 rings (SSSR count). The van der Waals surface area contributed by atoms with Gasteiger partial charge in [0.25, 0.3) is 0 Å². The Bertz CT molecular complexity index is 580. The Labute approximate surface area is 126 Å². The van der Waals surface area contributed by atoms with Gasteiger partial charge in [0.2, 0.25) is 0 Å². The first kappa shape index (κ1) is 15.8. The Kier molecular flexibility index (Phi) is 5.59. The van der Waals surface area contributed by atoms with Crippen molar-refractivity contribution in [1.82, 2.24) is 0 Å². The molecule has 0 radical (unpaired) electrons. The van der Waals surface area contributed by atoms with E-state index in [2.05, 4.69) is 25.1 Å². The molecule has 0 saturated heterocycles. The molecule has 3 nitrogen and oxygen atoms in total. The summed E-state index contributed by atoms with van der Waals surface area (Å²) in [6.45, 7) is 2.75. The van der Waals surface area contributed by atoms with Crippen molar-refractivity contribution >= 4 is 10.8 Å². The lowest BCUT2D eigenvalue weighted by Crippen LogP contribution is -2.21. The second-order valence-electron chi connectivity index (χ2n) is 5.53. The minimum atomic E-state index is -0.364. The molecule has 0 bridgehead atoms. The van der Waals surface area contributed by atoms with Gasteiger partial charge in [0.1, 0.15) is 5.75 Å². The van der Waals surface area contributed by atoms with Crippen LogP contribution in [0.25, 0.3) is 10.8 Å². The second-order valence-corrected chi connectivity index (χ2v) is 5.53. The summed E-state index contributed by atoms with van der Waals surface area (Å²) in [5, 5.41) is 12.7. The summed E-state index contributed by atoms with van der Waals surface area (Å²) in [5.41, 5.74) is 1.16. The van der Waals surface area contributed by atoms with E-state index in [0.717, 1.165) is 23.1 Å². The zero-order chi connectivity index (χ0) is 15.2. The van der Waals surface area contributed by atoms with Gasteiger partial charge in [-0.25, -0.2) is 0 Å². The molecule has 2 unspecified atom stereocenters. The third-order valence-corrected chi connectivity index (χ3v) is 4.04. The van der Waals surface area contributed by atoms with Crippen LogP contribution in [0, 0.1) is 5.92 Å². The second kappa shape index (κ2) is 7.43. The van der Waals surface area contributed by atoms with Crippen LogP contribution >= 0.6 is 0 Å². The molecule has 2 atom stereocenters. The quantitative estimate of drug-likeness (QED) is 0.848. The lowest BCUT2D eigenvalue weighted by Gasteiger charge is -2.19. The standard InChI is InChI=1S/C18H24O3/c1-13(9-10-20-2)18(19)11-15-6-4-5-14-7-8-16(21-3)12-17(14)15/h4-8,12-13,18-19H,9-11H2,1-3H3. The highest BCUT2D eigenvalue weighted by Crippen LogP contribution is 2.26. The lowest BCUT2D eigenvalue weighted by atomic mass is 9.92. The third kappa shape index (κ3) is 3.96. The van der Waals surface area contributed by atoms with Gasteiger partial charge < -0.3 is 14.6 Å². The molecule has 114 valence electrons. The van der Waals surface area contributed by atoms with Crippen molar-refractivity contribution in [3.63, 3.8) is 0 Å². The van der Waals surface area contributed by atoms with E-state index in [9.17, 15) is 5.11 Å². The van der Waals surface area contributed by atoms with Crippen LogP contribution in [-0.4, -0.2) is 32.0 Å². The maximum atomic E-state index is 10.4. The fourth-order valence-electron chi connectivity index (χ4n) is 2.54. The van der Waals surface area contributed by atoms with Gasteiger partial charge in [-0.2, -0.15) is 0 Å². The van der Waals surface area contributed by atoms with Crippen molar-refractivity contribution in [2.75, 3.05) is 20.8 Å². The molecule has 0 amide bonds. The lowest BCUT2D eigenvalue weighted by molar-refractivity contribution is 0.0889. The van der Waals surface area contributed by atoms with Crippen LogP contribution in [0.1, 0.15) is 18.9 Å². The van der Waals surface area contributed by atoms with Gasteiger partial charge in [-0.15, -0.1) is 0 Å². The highest BCUT2D eigenvalue weighted by Gasteiger charge is 2.16. The first-order valence-electron chi connectivity index (χ1n) is 7.38. The van der Waals surface area contributed by atoms with Crippen molar-refractivity contribution in [3.8, 4) is 5.75 Å². The predicted molar refractivity (Wildman–Crippen MR) is 85.9 cm³/mol. The van der Waals surface area contributed by atoms with E-state index in [1.165, 1.54) is 5.39 Å². The van der Waals surface area contributed by atoms with Crippen LogP contribution < -0.4 is 4.74 Å². The Hall–Kier alpha value is -1.58. The SMILES string of the molecule is COCCC(C)C(O)Cc1cccc2ccc(OC)cc12. The van der Waals surface area contributed by atoms with E-state index >= 15 is 0 Å². The molecule has 0 aliphatic heterocycles. The van der Waals surface area contributed by atoms with Crippen molar-refractivity contribution in [1.29, 1.82) is 0 Å². The fourth-order valence-corrected chi connectivity index (χ4v) is 2.54. The fraction of sp³-hybridized carbons (Fsp3) is 0.444. The van der Waals surface area contributed by atoms with Crippen LogP contribution in [0.2, 0.25) is 0 Å². The molecule has 2 aromatic rings. The number of hydrogen-bond donors (Lipinski definition) is 1. The molecule has 0 fully saturated rings. The highest BCUT2D eigenvalue weighted by molar-refractivity contribution is 5.87. The van der Waals surface area contributed by atoms with Gasteiger partial charge >= 0.3 is 0 Å². The molecule has 0 spiro atoms. The van der Waals surface area contributed by atoms with E-state index in [1.807, 2.05) is 18.2 Å². The van der Waals surface area contributed by atoms with E-state index < -0.39 is 0 Å². The molecule has 21 heavy (non-hydrogen) atoms. The Morgan fingerprint density at radius 1 is 1.14 bits per heavy atom. The topological polar surface area (TPSA) is 38.7 Å². The van der Waals surface area contributed by atoms with E-state index in [0.29, 0.717) is 13.0 Å². The summed E-state index contributed by atoms with van der Waals surface area (Å²) < 4.78 is 10.4. The number of benzene rings is 2. The Morgan fingerprint density at radius 2 is 1.95 bits per heavy atom. The number of ether oxygens (including phenoxy) is 2. The minimum absolute atomic E-state index is 0.214. The Morgan fingerprint density at radius 3 is 2.67 bits per heavy atom. The van der Waals surface area contributed by atoms with Gasteiger partial charge in [-0.1, -0.05) is 31.2 Å². The number of aliphatic hydroxyl groups is 1. The molecule has 0 heterocycles. The number of fused-ring (bicyclic) bond motifs is 1. The van der Waals surface area contributed by atoms with Gasteiger partial charge in [0, 0.05) is 13.7 Å². The summed E-state index contributed by atoms with van der Waals surface area (Å²) in [5.74, 6) is 1.06. The number of aliphatic hydroxyl groups excluding tert-OH is 1. The first-order chi connectivity index (χ1) is 10.2. The average molecular weight is 288 g/mol. The van der Waals surface area contributed by atoms with Crippen molar-refractivity contribution in [2.24, 2.45) is 5.92 Å². The summed E-state index contributed by atoms with van der Waals surface area (Å²) in [4.78, 5) is 0. The van der Waals surface area contributed by atoms with Crippen LogP contribution in [-0.2, 0) is 11.2 Å². The van der Waals surface area contributed by atoms with Crippen LogP contribution in [0.15, 0.2) is 36.4 Å². The molecule has 0 aliphatic carbocycles. The molecule has 2 aromatic carbocycles. The van der Waals surface area contributed by atoms with E-state index in [-0.39, 0.29) is 12.0 Å². The maximum absolute atomic E-state index is 10.4. The average Bonchev–Trinajstić information content (AvgIpc) is 2.52. The summed E-state index contributed by atoms with van der Waals surface area (Å²) >= 11 is 0. The first-order valence-corrected chi connectivity index (χ1v) is 7.38. The van der Waals surface area contributed by atoms with Gasteiger partial charge in [0.05, 0.1) is 13.2 Å². The third-order valence-electron chi connectivity index (χ3n) is 4.04. The van der Waals surface area contributed by atoms with Crippen LogP contribution in [0.5, 0.6) is 5.75 Å². The highest BCUT2D eigenvalue weighted by atomic mass is 16.5. The van der Waals surface area contributed by atoms with Gasteiger partial charge in [0.15, 0.2) is 0 Å². The van der Waals surface area contributed by atoms with E-state index in [1.54, 1.807) is 14.2 Å². The van der Waals surface area contributed by atoms with Crippen molar-refractivity contribution in [3.05, 3.63) is 42.0 Å². The summed E-state index contributed by atoms with van der Waals surface area (Å²) in [6, 6.07) is 12.3. The molecule has 0 saturated carbocycles. The predicted octanol–water partition coefficient (Wildman–Crippen LogP) is 3.42. The molecule has 3 heteroatoms. The van der Waals surface area contributed by atoms with Crippen molar-refractivity contribution < 1.29 is 14.6 Å². The number of rotatable bonds is 7.